The minimum absolute atomic E-state index is 0.106. The van der Waals surface area contributed by atoms with Crippen molar-refractivity contribution in [2.45, 2.75) is 32.8 Å². The molecule has 21 heavy (non-hydrogen) atoms. The number of aliphatic hydroxyl groups excluding tert-OH is 1. The highest BCUT2D eigenvalue weighted by atomic mass is 16.5. The van der Waals surface area contributed by atoms with Crippen LogP contribution in [0.25, 0.3) is 0 Å². The van der Waals surface area contributed by atoms with Gasteiger partial charge in [-0.2, -0.15) is 0 Å². The third-order valence-electron chi connectivity index (χ3n) is 3.85. The minimum atomic E-state index is -0.476. The number of β-amino-alcohol motifs (C(OH)–C–C–N with tert-alkyl or cyclic N) is 1. The Bertz CT molecular complexity index is 502. The predicted molar refractivity (Wildman–Crippen MR) is 82.5 cm³/mol. The summed E-state index contributed by atoms with van der Waals surface area (Å²) in [5.74, 6) is 0.468. The molecule has 1 aromatic rings. The Kier molecular flexibility index (Phi) is 5.07. The number of carbonyl (C=O) groups is 1. The Balaban J connectivity index is 2.19. The number of rotatable bonds is 6. The Morgan fingerprint density at radius 2 is 2.24 bits per heavy atom. The molecule has 0 aromatic heterocycles. The van der Waals surface area contributed by atoms with Crippen molar-refractivity contribution >= 4 is 11.6 Å². The molecule has 5 heteroatoms. The lowest BCUT2D eigenvalue weighted by molar-refractivity contribution is -0.119. The highest BCUT2D eigenvalue weighted by Gasteiger charge is 2.23. The fraction of sp³-hybridized carbons (Fsp3) is 0.562. The standard InChI is InChI=1S/C16H24N2O3/c1-11(2)14(19)9-18-8-4-5-12-13(18)6-3-7-15(12)21-10-16(17)20/h3,6-7,11,14,19H,4-5,8-10H2,1-2H3,(H2,17,20). The van der Waals surface area contributed by atoms with Crippen molar-refractivity contribution in [2.75, 3.05) is 24.6 Å². The van der Waals surface area contributed by atoms with Crippen LogP contribution in [0.2, 0.25) is 0 Å². The molecule has 0 bridgehead atoms. The summed E-state index contributed by atoms with van der Waals surface area (Å²) in [6, 6.07) is 5.82. The Labute approximate surface area is 125 Å². The van der Waals surface area contributed by atoms with Crippen LogP contribution in [0.15, 0.2) is 18.2 Å². The van der Waals surface area contributed by atoms with Gasteiger partial charge in [0.1, 0.15) is 5.75 Å². The minimum Gasteiger partial charge on any atom is -0.483 e. The maximum absolute atomic E-state index is 10.9. The van der Waals surface area contributed by atoms with Crippen molar-refractivity contribution in [1.29, 1.82) is 0 Å². The number of ether oxygens (including phenoxy) is 1. The van der Waals surface area contributed by atoms with Crippen LogP contribution in [0.4, 0.5) is 5.69 Å². The Morgan fingerprint density at radius 3 is 2.90 bits per heavy atom. The Hall–Kier alpha value is -1.75. The lowest BCUT2D eigenvalue weighted by Gasteiger charge is -2.34. The van der Waals surface area contributed by atoms with E-state index in [9.17, 15) is 9.90 Å². The zero-order valence-electron chi connectivity index (χ0n) is 12.7. The zero-order valence-corrected chi connectivity index (χ0v) is 12.7. The molecule has 3 N–H and O–H groups in total. The first-order valence-electron chi connectivity index (χ1n) is 7.45. The van der Waals surface area contributed by atoms with Crippen LogP contribution < -0.4 is 15.4 Å². The molecule has 0 aliphatic carbocycles. The average Bonchev–Trinajstić information content (AvgIpc) is 2.45. The molecular weight excluding hydrogens is 268 g/mol. The molecule has 1 atom stereocenters. The van der Waals surface area contributed by atoms with Gasteiger partial charge in [0, 0.05) is 24.3 Å². The number of amides is 1. The molecule has 1 heterocycles. The number of anilines is 1. The molecule has 1 unspecified atom stereocenters. The van der Waals surface area contributed by atoms with Crippen LogP contribution in [0.3, 0.4) is 0 Å². The van der Waals surface area contributed by atoms with Crippen LogP contribution in [0.1, 0.15) is 25.8 Å². The van der Waals surface area contributed by atoms with E-state index in [0.29, 0.717) is 6.54 Å². The van der Waals surface area contributed by atoms with Gasteiger partial charge in [-0.25, -0.2) is 0 Å². The molecule has 116 valence electrons. The molecule has 0 radical (unpaired) electrons. The summed E-state index contributed by atoms with van der Waals surface area (Å²) < 4.78 is 5.50. The number of nitrogens with two attached hydrogens (primary N) is 1. The predicted octanol–water partition coefficient (Wildman–Crippen LogP) is 1.32. The van der Waals surface area contributed by atoms with Crippen LogP contribution in [-0.2, 0) is 11.2 Å². The van der Waals surface area contributed by atoms with Gasteiger partial charge in [0.25, 0.3) is 5.91 Å². The number of aliphatic hydroxyl groups is 1. The molecule has 0 saturated carbocycles. The lowest BCUT2D eigenvalue weighted by Crippen LogP contribution is -2.38. The fourth-order valence-electron chi connectivity index (χ4n) is 2.58. The average molecular weight is 292 g/mol. The van der Waals surface area contributed by atoms with Gasteiger partial charge in [0.15, 0.2) is 6.61 Å². The number of fused-ring (bicyclic) bond motifs is 1. The molecule has 1 aliphatic rings. The van der Waals surface area contributed by atoms with Crippen molar-refractivity contribution in [3.8, 4) is 5.75 Å². The maximum Gasteiger partial charge on any atom is 0.255 e. The first-order chi connectivity index (χ1) is 9.99. The first kappa shape index (κ1) is 15.6. The molecule has 5 nitrogen and oxygen atoms in total. The second-order valence-electron chi connectivity index (χ2n) is 5.87. The quantitative estimate of drug-likeness (QED) is 0.829. The van der Waals surface area contributed by atoms with Crippen LogP contribution in [0.5, 0.6) is 5.75 Å². The monoisotopic (exact) mass is 292 g/mol. The highest BCUT2D eigenvalue weighted by molar-refractivity contribution is 5.75. The molecule has 2 rings (SSSR count). The van der Waals surface area contributed by atoms with Crippen LogP contribution in [0, 0.1) is 5.92 Å². The second kappa shape index (κ2) is 6.80. The topological polar surface area (TPSA) is 75.8 Å². The van der Waals surface area contributed by atoms with E-state index in [0.717, 1.165) is 36.4 Å². The van der Waals surface area contributed by atoms with E-state index >= 15 is 0 Å². The Morgan fingerprint density at radius 1 is 1.48 bits per heavy atom. The van der Waals surface area contributed by atoms with Gasteiger partial charge in [0.2, 0.25) is 0 Å². The first-order valence-corrected chi connectivity index (χ1v) is 7.45. The molecule has 0 fully saturated rings. The third kappa shape index (κ3) is 3.88. The zero-order chi connectivity index (χ0) is 15.4. The van der Waals surface area contributed by atoms with E-state index in [4.69, 9.17) is 10.5 Å². The van der Waals surface area contributed by atoms with E-state index in [1.54, 1.807) is 0 Å². The molecule has 1 aromatic carbocycles. The van der Waals surface area contributed by atoms with E-state index in [-0.39, 0.29) is 18.6 Å². The van der Waals surface area contributed by atoms with Gasteiger partial charge in [0.05, 0.1) is 6.10 Å². The van der Waals surface area contributed by atoms with Gasteiger partial charge in [-0.05, 0) is 30.9 Å². The molecule has 0 spiro atoms. The molecule has 1 aliphatic heterocycles. The lowest BCUT2D eigenvalue weighted by atomic mass is 9.99. The summed E-state index contributed by atoms with van der Waals surface area (Å²) in [5, 5.41) is 10.1. The number of primary amides is 1. The summed E-state index contributed by atoms with van der Waals surface area (Å²) in [6.45, 7) is 5.47. The second-order valence-corrected chi connectivity index (χ2v) is 5.87. The van der Waals surface area contributed by atoms with Crippen LogP contribution in [-0.4, -0.2) is 36.8 Å². The van der Waals surface area contributed by atoms with Gasteiger partial charge in [-0.3, -0.25) is 4.79 Å². The summed E-state index contributed by atoms with van der Waals surface area (Å²) >= 11 is 0. The SMILES string of the molecule is CC(C)C(O)CN1CCCc2c(OCC(N)=O)cccc21. The van der Waals surface area contributed by atoms with Gasteiger partial charge >= 0.3 is 0 Å². The van der Waals surface area contributed by atoms with Crippen molar-refractivity contribution < 1.29 is 14.6 Å². The summed E-state index contributed by atoms with van der Waals surface area (Å²) in [7, 11) is 0. The summed E-state index contributed by atoms with van der Waals surface area (Å²) in [5.41, 5.74) is 7.32. The maximum atomic E-state index is 10.9. The normalized spacial score (nSPS) is 15.7. The highest BCUT2D eigenvalue weighted by Crippen LogP contribution is 2.34. The van der Waals surface area contributed by atoms with Gasteiger partial charge in [-0.1, -0.05) is 19.9 Å². The van der Waals surface area contributed by atoms with E-state index < -0.39 is 5.91 Å². The number of benzene rings is 1. The number of hydrogen-bond acceptors (Lipinski definition) is 4. The number of nitrogens with zero attached hydrogens (tertiary/aromatic N) is 1. The van der Waals surface area contributed by atoms with Crippen molar-refractivity contribution in [3.05, 3.63) is 23.8 Å². The fourth-order valence-corrected chi connectivity index (χ4v) is 2.58. The van der Waals surface area contributed by atoms with E-state index in [1.165, 1.54) is 0 Å². The van der Waals surface area contributed by atoms with Crippen molar-refractivity contribution in [1.82, 2.24) is 0 Å². The largest absolute Gasteiger partial charge is 0.483 e. The van der Waals surface area contributed by atoms with Crippen molar-refractivity contribution in [3.63, 3.8) is 0 Å². The van der Waals surface area contributed by atoms with Crippen LogP contribution >= 0.6 is 0 Å². The van der Waals surface area contributed by atoms with Gasteiger partial charge < -0.3 is 20.5 Å². The van der Waals surface area contributed by atoms with E-state index in [2.05, 4.69) is 4.90 Å². The smallest absolute Gasteiger partial charge is 0.255 e. The molecular formula is C16H24N2O3. The third-order valence-corrected chi connectivity index (χ3v) is 3.85. The molecule has 1 amide bonds. The molecule has 0 saturated heterocycles. The number of carbonyl (C=O) groups excluding carboxylic acids is 1. The van der Waals surface area contributed by atoms with Gasteiger partial charge in [-0.15, -0.1) is 0 Å². The number of hydrogen-bond donors (Lipinski definition) is 2. The summed E-state index contributed by atoms with van der Waals surface area (Å²) in [6.07, 6.45) is 1.57. The van der Waals surface area contributed by atoms with Crippen molar-refractivity contribution in [2.24, 2.45) is 11.7 Å². The van der Waals surface area contributed by atoms with E-state index in [1.807, 2.05) is 32.0 Å². The summed E-state index contributed by atoms with van der Waals surface area (Å²) in [4.78, 5) is 13.1.